The van der Waals surface area contributed by atoms with Crippen LogP contribution >= 0.6 is 0 Å². The van der Waals surface area contributed by atoms with Crippen molar-refractivity contribution in [1.29, 1.82) is 0 Å². The molecule has 100 valence electrons. The van der Waals surface area contributed by atoms with Crippen LogP contribution in [-0.2, 0) is 14.3 Å². The minimum Gasteiger partial charge on any atom is -0.480 e. The molecule has 2 atom stereocenters. The van der Waals surface area contributed by atoms with Crippen LogP contribution in [0, 0.1) is 5.92 Å². The fourth-order valence-corrected chi connectivity index (χ4v) is 1.39. The Morgan fingerprint density at radius 3 is 2.41 bits per heavy atom. The fourth-order valence-electron chi connectivity index (χ4n) is 1.39. The zero-order valence-corrected chi connectivity index (χ0v) is 10.6. The highest BCUT2D eigenvalue weighted by Crippen LogP contribution is 2.03. The van der Waals surface area contributed by atoms with Crippen LogP contribution in [0.1, 0.15) is 26.7 Å². The SMILES string of the molecule is COCCC(NC(=O)[C@@H](N)CC(C)C)C(=O)O. The van der Waals surface area contributed by atoms with Crippen molar-refractivity contribution in [3.8, 4) is 0 Å². The van der Waals surface area contributed by atoms with Gasteiger partial charge in [-0.1, -0.05) is 13.8 Å². The van der Waals surface area contributed by atoms with Crippen LogP contribution in [0.25, 0.3) is 0 Å². The van der Waals surface area contributed by atoms with Crippen molar-refractivity contribution in [2.45, 2.75) is 38.8 Å². The van der Waals surface area contributed by atoms with E-state index in [0.717, 1.165) is 0 Å². The highest BCUT2D eigenvalue weighted by molar-refractivity contribution is 5.86. The number of carboxylic acids is 1. The Balaban J connectivity index is 4.24. The van der Waals surface area contributed by atoms with Crippen LogP contribution in [0.2, 0.25) is 0 Å². The Morgan fingerprint density at radius 2 is 2.00 bits per heavy atom. The van der Waals surface area contributed by atoms with Gasteiger partial charge in [0.25, 0.3) is 0 Å². The number of aliphatic carboxylic acids is 1. The largest absolute Gasteiger partial charge is 0.480 e. The maximum atomic E-state index is 11.6. The van der Waals surface area contributed by atoms with Crippen LogP contribution in [0.5, 0.6) is 0 Å². The summed E-state index contributed by atoms with van der Waals surface area (Å²) in [6, 6.07) is -1.61. The number of carbonyl (C=O) groups is 2. The van der Waals surface area contributed by atoms with Gasteiger partial charge in [0.1, 0.15) is 6.04 Å². The van der Waals surface area contributed by atoms with E-state index in [-0.39, 0.29) is 18.9 Å². The minimum atomic E-state index is -1.08. The van der Waals surface area contributed by atoms with Crippen molar-refractivity contribution in [1.82, 2.24) is 5.32 Å². The number of carboxylic acid groups (broad SMARTS) is 1. The zero-order chi connectivity index (χ0) is 13.4. The number of amides is 1. The quantitative estimate of drug-likeness (QED) is 0.558. The highest BCUT2D eigenvalue weighted by atomic mass is 16.5. The van der Waals surface area contributed by atoms with E-state index in [2.05, 4.69) is 5.32 Å². The van der Waals surface area contributed by atoms with Gasteiger partial charge in [-0.25, -0.2) is 4.79 Å². The Kier molecular flexibility index (Phi) is 7.49. The molecule has 0 saturated heterocycles. The Labute approximate surface area is 102 Å². The first-order chi connectivity index (χ1) is 7.88. The first-order valence-corrected chi connectivity index (χ1v) is 5.66. The summed E-state index contributed by atoms with van der Waals surface area (Å²) in [4.78, 5) is 22.5. The molecule has 0 rings (SSSR count). The molecular weight excluding hydrogens is 224 g/mol. The predicted octanol–water partition coefficient (Wildman–Crippen LogP) is -0.0343. The number of nitrogens with two attached hydrogens (primary N) is 1. The molecule has 1 amide bonds. The van der Waals surface area contributed by atoms with E-state index in [0.29, 0.717) is 6.42 Å². The van der Waals surface area contributed by atoms with E-state index in [1.54, 1.807) is 0 Å². The number of ether oxygens (including phenoxy) is 1. The Hall–Kier alpha value is -1.14. The molecule has 0 aromatic heterocycles. The monoisotopic (exact) mass is 246 g/mol. The van der Waals surface area contributed by atoms with Crippen LogP contribution < -0.4 is 11.1 Å². The number of nitrogens with one attached hydrogen (secondary N) is 1. The standard InChI is InChI=1S/C11H22N2O4/c1-7(2)6-8(12)10(14)13-9(11(15)16)4-5-17-3/h7-9H,4-6,12H2,1-3H3,(H,13,14)(H,15,16)/t8-,9?/m0/s1. The normalized spacial score (nSPS) is 14.4. The van der Waals surface area contributed by atoms with Crippen molar-refractivity contribution >= 4 is 11.9 Å². The third kappa shape index (κ3) is 6.91. The van der Waals surface area contributed by atoms with Gasteiger partial charge < -0.3 is 20.9 Å². The molecule has 0 aliphatic heterocycles. The molecule has 17 heavy (non-hydrogen) atoms. The molecule has 0 aliphatic rings. The smallest absolute Gasteiger partial charge is 0.326 e. The lowest BCUT2D eigenvalue weighted by molar-refractivity contribution is -0.142. The average Bonchev–Trinajstić information content (AvgIpc) is 2.22. The van der Waals surface area contributed by atoms with E-state index in [9.17, 15) is 9.59 Å². The van der Waals surface area contributed by atoms with Crippen molar-refractivity contribution in [2.75, 3.05) is 13.7 Å². The molecule has 0 aromatic rings. The lowest BCUT2D eigenvalue weighted by Crippen LogP contribution is -2.49. The maximum Gasteiger partial charge on any atom is 0.326 e. The number of methoxy groups -OCH3 is 1. The summed E-state index contributed by atoms with van der Waals surface area (Å²) < 4.78 is 4.78. The Bertz CT molecular complexity index is 256. The average molecular weight is 246 g/mol. The maximum absolute atomic E-state index is 11.6. The molecule has 6 nitrogen and oxygen atoms in total. The van der Waals surface area contributed by atoms with E-state index in [4.69, 9.17) is 15.6 Å². The van der Waals surface area contributed by atoms with Crippen LogP contribution in [0.3, 0.4) is 0 Å². The van der Waals surface area contributed by atoms with Gasteiger partial charge in [-0.3, -0.25) is 4.79 Å². The summed E-state index contributed by atoms with van der Waals surface area (Å²) in [6.45, 7) is 4.18. The van der Waals surface area contributed by atoms with Gasteiger partial charge in [-0.05, 0) is 12.3 Å². The van der Waals surface area contributed by atoms with Crippen molar-refractivity contribution < 1.29 is 19.4 Å². The molecule has 0 aromatic carbocycles. The molecule has 0 radical (unpaired) electrons. The zero-order valence-electron chi connectivity index (χ0n) is 10.6. The first-order valence-electron chi connectivity index (χ1n) is 5.66. The number of carbonyl (C=O) groups excluding carboxylic acids is 1. The van der Waals surface area contributed by atoms with Gasteiger partial charge in [0, 0.05) is 20.1 Å². The fraction of sp³-hybridized carbons (Fsp3) is 0.818. The van der Waals surface area contributed by atoms with Crippen molar-refractivity contribution in [3.63, 3.8) is 0 Å². The molecule has 0 aliphatic carbocycles. The lowest BCUT2D eigenvalue weighted by atomic mass is 10.0. The van der Waals surface area contributed by atoms with E-state index >= 15 is 0 Å². The Morgan fingerprint density at radius 1 is 1.41 bits per heavy atom. The molecule has 6 heteroatoms. The van der Waals surface area contributed by atoms with Crippen molar-refractivity contribution in [2.24, 2.45) is 11.7 Å². The molecule has 0 bridgehead atoms. The van der Waals surface area contributed by atoms with Crippen LogP contribution in [0.4, 0.5) is 0 Å². The molecule has 0 fully saturated rings. The molecular formula is C11H22N2O4. The lowest BCUT2D eigenvalue weighted by Gasteiger charge is -2.18. The number of hydrogen-bond acceptors (Lipinski definition) is 4. The highest BCUT2D eigenvalue weighted by Gasteiger charge is 2.23. The number of hydrogen-bond donors (Lipinski definition) is 3. The van der Waals surface area contributed by atoms with Gasteiger partial charge >= 0.3 is 5.97 Å². The molecule has 4 N–H and O–H groups in total. The molecule has 0 spiro atoms. The summed E-state index contributed by atoms with van der Waals surface area (Å²) in [5.74, 6) is -1.22. The van der Waals surface area contributed by atoms with Crippen LogP contribution in [-0.4, -0.2) is 42.8 Å². The summed E-state index contributed by atoms with van der Waals surface area (Å²) >= 11 is 0. The van der Waals surface area contributed by atoms with E-state index < -0.39 is 24.0 Å². The second-order valence-corrected chi connectivity index (χ2v) is 4.42. The van der Waals surface area contributed by atoms with Gasteiger partial charge in [-0.2, -0.15) is 0 Å². The van der Waals surface area contributed by atoms with Gasteiger partial charge in [-0.15, -0.1) is 0 Å². The second-order valence-electron chi connectivity index (χ2n) is 4.42. The van der Waals surface area contributed by atoms with Gasteiger partial charge in [0.2, 0.25) is 5.91 Å². The molecule has 0 saturated carbocycles. The third-order valence-electron chi connectivity index (χ3n) is 2.29. The molecule has 0 heterocycles. The summed E-state index contributed by atoms with van der Waals surface area (Å²) in [6.07, 6.45) is 0.758. The third-order valence-corrected chi connectivity index (χ3v) is 2.29. The van der Waals surface area contributed by atoms with E-state index in [1.165, 1.54) is 7.11 Å². The van der Waals surface area contributed by atoms with Gasteiger partial charge in [0.05, 0.1) is 6.04 Å². The molecule has 1 unspecified atom stereocenters. The van der Waals surface area contributed by atoms with E-state index in [1.807, 2.05) is 13.8 Å². The first kappa shape index (κ1) is 15.9. The summed E-state index contributed by atoms with van der Waals surface area (Å²) in [7, 11) is 1.48. The van der Waals surface area contributed by atoms with Crippen LogP contribution in [0.15, 0.2) is 0 Å². The predicted molar refractivity (Wildman–Crippen MR) is 63.5 cm³/mol. The summed E-state index contributed by atoms with van der Waals surface area (Å²) in [5.41, 5.74) is 5.66. The second kappa shape index (κ2) is 8.03. The van der Waals surface area contributed by atoms with Gasteiger partial charge in [0.15, 0.2) is 0 Å². The minimum absolute atomic E-state index is 0.228. The summed E-state index contributed by atoms with van der Waals surface area (Å²) in [5, 5.41) is 11.3. The van der Waals surface area contributed by atoms with Crippen molar-refractivity contribution in [3.05, 3.63) is 0 Å². The topological polar surface area (TPSA) is 102 Å². The number of rotatable bonds is 8.